The van der Waals surface area contributed by atoms with Crippen LogP contribution in [0.4, 0.5) is 0 Å². The first kappa shape index (κ1) is 13.0. The van der Waals surface area contributed by atoms with Crippen LogP contribution in [0.2, 0.25) is 5.02 Å². The molecule has 0 spiro atoms. The van der Waals surface area contributed by atoms with Crippen molar-refractivity contribution in [3.05, 3.63) is 69.1 Å². The van der Waals surface area contributed by atoms with Gasteiger partial charge in [-0.2, -0.15) is 0 Å². The van der Waals surface area contributed by atoms with Crippen molar-refractivity contribution in [1.29, 1.82) is 0 Å². The Balaban J connectivity index is 2.06. The van der Waals surface area contributed by atoms with Gasteiger partial charge in [0.15, 0.2) is 0 Å². The van der Waals surface area contributed by atoms with Crippen molar-refractivity contribution < 1.29 is 0 Å². The second-order valence-corrected chi connectivity index (χ2v) is 5.09. The minimum absolute atomic E-state index is 0.0510. The van der Waals surface area contributed by atoms with Crippen LogP contribution >= 0.6 is 11.6 Å². The number of hydrogen-bond donors (Lipinski definition) is 3. The van der Waals surface area contributed by atoms with Gasteiger partial charge in [-0.3, -0.25) is 0 Å². The number of hydrogen-bond acceptors (Lipinski definition) is 2. The van der Waals surface area contributed by atoms with E-state index in [9.17, 15) is 4.79 Å². The molecule has 0 aliphatic carbocycles. The lowest BCUT2D eigenvalue weighted by atomic mass is 9.98. The van der Waals surface area contributed by atoms with E-state index in [-0.39, 0.29) is 11.7 Å². The Kier molecular flexibility index (Phi) is 3.34. The lowest BCUT2D eigenvalue weighted by Crippen LogP contribution is -2.17. The van der Waals surface area contributed by atoms with Gasteiger partial charge in [0.05, 0.1) is 17.1 Å². The van der Waals surface area contributed by atoms with Crippen LogP contribution in [-0.4, -0.2) is 17.0 Å². The summed E-state index contributed by atoms with van der Waals surface area (Å²) in [6.45, 7) is 0. The zero-order chi connectivity index (χ0) is 14.1. The number of H-pyrrole nitrogens is 2. The quantitative estimate of drug-likeness (QED) is 0.694. The van der Waals surface area contributed by atoms with Crippen LogP contribution in [0.1, 0.15) is 17.2 Å². The summed E-state index contributed by atoms with van der Waals surface area (Å²) in [4.78, 5) is 16.8. The SMILES string of the molecule is CNC(c1ccc(Cl)cc1)c1ccc2[nH]c(=O)[nH]c2c1. The lowest BCUT2D eigenvalue weighted by molar-refractivity contribution is 0.692. The van der Waals surface area contributed by atoms with Gasteiger partial charge in [-0.25, -0.2) is 4.79 Å². The molecule has 0 radical (unpaired) electrons. The van der Waals surface area contributed by atoms with Gasteiger partial charge >= 0.3 is 5.69 Å². The first-order valence-electron chi connectivity index (χ1n) is 6.32. The number of imidazole rings is 1. The number of fused-ring (bicyclic) bond motifs is 1. The fourth-order valence-electron chi connectivity index (χ4n) is 2.41. The number of rotatable bonds is 3. The van der Waals surface area contributed by atoms with Gasteiger partial charge in [0.25, 0.3) is 0 Å². The highest BCUT2D eigenvalue weighted by molar-refractivity contribution is 6.30. The molecule has 3 aromatic rings. The lowest BCUT2D eigenvalue weighted by Gasteiger charge is -2.17. The molecule has 1 heterocycles. The Hall–Kier alpha value is -2.04. The smallest absolute Gasteiger partial charge is 0.309 e. The number of aromatic nitrogens is 2. The Morgan fingerprint density at radius 2 is 1.65 bits per heavy atom. The second-order valence-electron chi connectivity index (χ2n) is 4.66. The van der Waals surface area contributed by atoms with E-state index in [1.807, 2.05) is 49.5 Å². The average molecular weight is 288 g/mol. The predicted molar refractivity (Wildman–Crippen MR) is 81.3 cm³/mol. The molecule has 0 saturated heterocycles. The van der Waals surface area contributed by atoms with E-state index >= 15 is 0 Å². The maximum atomic E-state index is 11.3. The molecule has 102 valence electrons. The number of nitrogens with one attached hydrogen (secondary N) is 3. The van der Waals surface area contributed by atoms with Gasteiger partial charge in [0.1, 0.15) is 0 Å². The van der Waals surface area contributed by atoms with Crippen molar-refractivity contribution in [2.75, 3.05) is 7.05 Å². The van der Waals surface area contributed by atoms with Crippen molar-refractivity contribution in [2.45, 2.75) is 6.04 Å². The molecule has 0 aliphatic heterocycles. The van der Waals surface area contributed by atoms with Crippen LogP contribution in [0.15, 0.2) is 47.3 Å². The summed E-state index contributed by atoms with van der Waals surface area (Å²) in [6.07, 6.45) is 0. The summed E-state index contributed by atoms with van der Waals surface area (Å²) >= 11 is 5.92. The first-order valence-corrected chi connectivity index (χ1v) is 6.70. The van der Waals surface area contributed by atoms with Crippen molar-refractivity contribution in [3.63, 3.8) is 0 Å². The molecule has 0 aliphatic rings. The Morgan fingerprint density at radius 3 is 2.35 bits per heavy atom. The van der Waals surface area contributed by atoms with Crippen LogP contribution < -0.4 is 11.0 Å². The van der Waals surface area contributed by atoms with Crippen molar-refractivity contribution in [3.8, 4) is 0 Å². The first-order chi connectivity index (χ1) is 9.67. The summed E-state index contributed by atoms with van der Waals surface area (Å²) in [7, 11) is 1.91. The van der Waals surface area contributed by atoms with E-state index in [4.69, 9.17) is 11.6 Å². The van der Waals surface area contributed by atoms with Gasteiger partial charge < -0.3 is 15.3 Å². The molecule has 3 N–H and O–H groups in total. The molecule has 5 heteroatoms. The van der Waals surface area contributed by atoms with Crippen molar-refractivity contribution in [1.82, 2.24) is 15.3 Å². The molecule has 0 amide bonds. The van der Waals surface area contributed by atoms with E-state index < -0.39 is 0 Å². The minimum Gasteiger partial charge on any atom is -0.309 e. The highest BCUT2D eigenvalue weighted by Gasteiger charge is 2.12. The maximum absolute atomic E-state index is 11.3. The summed E-state index contributed by atoms with van der Waals surface area (Å²) < 4.78 is 0. The molecule has 2 aromatic carbocycles. The third-order valence-electron chi connectivity index (χ3n) is 3.37. The molecule has 1 atom stereocenters. The molecule has 20 heavy (non-hydrogen) atoms. The van der Waals surface area contributed by atoms with Crippen LogP contribution in [0, 0.1) is 0 Å². The number of halogens is 1. The fraction of sp³-hybridized carbons (Fsp3) is 0.133. The average Bonchev–Trinajstić information content (AvgIpc) is 2.81. The van der Waals surface area contributed by atoms with Gasteiger partial charge in [-0.15, -0.1) is 0 Å². The Bertz CT molecular complexity index is 789. The number of benzene rings is 2. The largest absolute Gasteiger partial charge is 0.323 e. The van der Waals surface area contributed by atoms with Crippen LogP contribution in [0.5, 0.6) is 0 Å². The second kappa shape index (κ2) is 5.15. The Morgan fingerprint density at radius 1 is 1.00 bits per heavy atom. The van der Waals surface area contributed by atoms with E-state index in [1.54, 1.807) is 0 Å². The predicted octanol–water partition coefficient (Wildman–Crippen LogP) is 2.82. The highest BCUT2D eigenvalue weighted by atomic mass is 35.5. The van der Waals surface area contributed by atoms with E-state index in [2.05, 4.69) is 15.3 Å². The minimum atomic E-state index is -0.190. The summed E-state index contributed by atoms with van der Waals surface area (Å²) in [6, 6.07) is 13.7. The van der Waals surface area contributed by atoms with Crippen LogP contribution in [0.3, 0.4) is 0 Å². The number of aromatic amines is 2. The molecular weight excluding hydrogens is 274 g/mol. The molecule has 0 bridgehead atoms. The normalized spacial score (nSPS) is 12.7. The fourth-order valence-corrected chi connectivity index (χ4v) is 2.54. The van der Waals surface area contributed by atoms with Gasteiger partial charge in [0.2, 0.25) is 0 Å². The van der Waals surface area contributed by atoms with Crippen molar-refractivity contribution in [2.24, 2.45) is 0 Å². The molecule has 3 rings (SSSR count). The van der Waals surface area contributed by atoms with Gasteiger partial charge in [0, 0.05) is 5.02 Å². The zero-order valence-electron chi connectivity index (χ0n) is 10.9. The van der Waals surface area contributed by atoms with Crippen LogP contribution in [-0.2, 0) is 0 Å². The van der Waals surface area contributed by atoms with Crippen LogP contribution in [0.25, 0.3) is 11.0 Å². The highest BCUT2D eigenvalue weighted by Crippen LogP contribution is 2.24. The zero-order valence-corrected chi connectivity index (χ0v) is 11.7. The Labute approximate surface area is 120 Å². The summed E-state index contributed by atoms with van der Waals surface area (Å²) in [5.41, 5.74) is 3.63. The monoisotopic (exact) mass is 287 g/mol. The standard InChI is InChI=1S/C15H14ClN3O/c1-17-14(9-2-5-11(16)6-3-9)10-4-7-12-13(8-10)19-15(20)18-12/h2-8,14,17H,1H3,(H2,18,19,20). The van der Waals surface area contributed by atoms with E-state index in [0.717, 1.165) is 22.2 Å². The maximum Gasteiger partial charge on any atom is 0.323 e. The van der Waals surface area contributed by atoms with Gasteiger partial charge in [-0.05, 0) is 42.4 Å². The molecule has 0 saturated carbocycles. The molecule has 4 nitrogen and oxygen atoms in total. The molecule has 1 aromatic heterocycles. The topological polar surface area (TPSA) is 60.7 Å². The summed E-state index contributed by atoms with van der Waals surface area (Å²) in [5.74, 6) is 0. The third-order valence-corrected chi connectivity index (χ3v) is 3.62. The van der Waals surface area contributed by atoms with E-state index in [1.165, 1.54) is 0 Å². The third kappa shape index (κ3) is 2.35. The molecule has 0 fully saturated rings. The van der Waals surface area contributed by atoms with Gasteiger partial charge in [-0.1, -0.05) is 29.8 Å². The van der Waals surface area contributed by atoms with E-state index in [0.29, 0.717) is 5.02 Å². The summed E-state index contributed by atoms with van der Waals surface area (Å²) in [5, 5.41) is 4.00. The molecule has 1 unspecified atom stereocenters. The molecular formula is C15H14ClN3O. The van der Waals surface area contributed by atoms with Crippen molar-refractivity contribution >= 4 is 22.6 Å².